The van der Waals surface area contributed by atoms with Crippen LogP contribution in [0.25, 0.3) is 0 Å². The summed E-state index contributed by atoms with van der Waals surface area (Å²) in [5.41, 5.74) is -8.94. The lowest BCUT2D eigenvalue weighted by Crippen LogP contribution is -2.83. The predicted octanol–water partition coefficient (Wildman–Crippen LogP) is 3.97. The van der Waals surface area contributed by atoms with Gasteiger partial charge in [0, 0.05) is 31.3 Å². The van der Waals surface area contributed by atoms with E-state index in [1.165, 1.54) is 26.0 Å². The lowest BCUT2D eigenvalue weighted by atomic mass is 9.44. The normalized spacial score (nSPS) is 35.8. The van der Waals surface area contributed by atoms with Gasteiger partial charge in [0.15, 0.2) is 23.6 Å². The first-order valence-electron chi connectivity index (χ1n) is 16.9. The Morgan fingerprint density at radius 2 is 1.56 bits per heavy atom. The Kier molecular flexibility index (Phi) is 8.63. The summed E-state index contributed by atoms with van der Waals surface area (Å²) >= 11 is 0. The number of hydrogen-bond donors (Lipinski definition) is 0. The number of benzene rings is 1. The number of ether oxygens (including phenoxy) is 8. The zero-order valence-corrected chi connectivity index (χ0v) is 30.4. The molecule has 2 unspecified atom stereocenters. The van der Waals surface area contributed by atoms with Gasteiger partial charge in [-0.05, 0) is 52.3 Å². The number of Topliss-reactive ketones (excluding diaryl/α,β-unsaturated/α-hetero) is 2. The third kappa shape index (κ3) is 5.29. The summed E-state index contributed by atoms with van der Waals surface area (Å²) in [5, 5.41) is 0. The molecular weight excluding hydrogens is 684 g/mol. The number of rotatable bonds is 5. The van der Waals surface area contributed by atoms with Gasteiger partial charge in [-0.15, -0.1) is 0 Å². The second-order valence-electron chi connectivity index (χ2n) is 15.6. The second-order valence-corrected chi connectivity index (χ2v) is 15.6. The van der Waals surface area contributed by atoms with Gasteiger partial charge in [-0.3, -0.25) is 19.2 Å². The summed E-state index contributed by atoms with van der Waals surface area (Å²) in [6.07, 6.45) is -10.7. The van der Waals surface area contributed by atoms with Crippen LogP contribution in [0.2, 0.25) is 0 Å². The van der Waals surface area contributed by atoms with E-state index < -0.39 is 106 Å². The van der Waals surface area contributed by atoms with Gasteiger partial charge in [0.1, 0.15) is 17.8 Å². The molecular formula is C37H42O15. The van der Waals surface area contributed by atoms with E-state index in [9.17, 15) is 28.8 Å². The minimum Gasteiger partial charge on any atom is -0.454 e. The molecule has 2 aliphatic heterocycles. The van der Waals surface area contributed by atoms with Gasteiger partial charge in [0.2, 0.25) is 17.5 Å². The van der Waals surface area contributed by atoms with Crippen LogP contribution >= 0.6 is 0 Å². The van der Waals surface area contributed by atoms with E-state index >= 15 is 4.79 Å². The van der Waals surface area contributed by atoms with E-state index in [4.69, 9.17) is 37.9 Å². The average Bonchev–Trinajstić information content (AvgIpc) is 3.40. The Morgan fingerprint density at radius 1 is 0.904 bits per heavy atom. The molecule has 0 N–H and O–H groups in total. The predicted molar refractivity (Wildman–Crippen MR) is 173 cm³/mol. The molecule has 2 saturated carbocycles. The largest absolute Gasteiger partial charge is 0.510 e. The summed E-state index contributed by atoms with van der Waals surface area (Å²) in [7, 11) is 0. The van der Waals surface area contributed by atoms with Crippen molar-refractivity contribution in [2.75, 3.05) is 6.61 Å². The average molecular weight is 727 g/mol. The zero-order valence-electron chi connectivity index (χ0n) is 30.4. The van der Waals surface area contributed by atoms with Gasteiger partial charge in [-0.1, -0.05) is 32.0 Å². The highest BCUT2D eigenvalue weighted by atomic mass is 16.8. The van der Waals surface area contributed by atoms with Crippen LogP contribution in [0.1, 0.15) is 79.1 Å². The molecule has 5 aliphatic rings. The van der Waals surface area contributed by atoms with E-state index in [0.29, 0.717) is 0 Å². The van der Waals surface area contributed by atoms with Crippen LogP contribution < -0.4 is 0 Å². The third-order valence-corrected chi connectivity index (χ3v) is 11.1. The number of esters is 3. The fourth-order valence-electron chi connectivity index (χ4n) is 8.99. The number of carbonyl (C=O) groups is 7. The monoisotopic (exact) mass is 726 g/mol. The zero-order chi connectivity index (χ0) is 38.3. The highest BCUT2D eigenvalue weighted by Gasteiger charge is 2.83. The summed E-state index contributed by atoms with van der Waals surface area (Å²) in [6.45, 7) is 12.6. The molecule has 0 radical (unpaired) electrons. The lowest BCUT2D eigenvalue weighted by Gasteiger charge is -2.67. The van der Waals surface area contributed by atoms with Crippen LogP contribution in [0.4, 0.5) is 9.59 Å². The molecule has 1 spiro atoms. The summed E-state index contributed by atoms with van der Waals surface area (Å²) < 4.78 is 47.4. The van der Waals surface area contributed by atoms with Crippen molar-refractivity contribution in [2.45, 2.75) is 116 Å². The first-order chi connectivity index (χ1) is 24.1. The van der Waals surface area contributed by atoms with Crippen molar-refractivity contribution < 1.29 is 71.5 Å². The second kappa shape index (κ2) is 12.1. The molecule has 52 heavy (non-hydrogen) atoms. The maximum absolute atomic E-state index is 15.6. The summed E-state index contributed by atoms with van der Waals surface area (Å²) in [5.74, 6) is -5.92. The third-order valence-electron chi connectivity index (χ3n) is 11.1. The molecule has 2 heterocycles. The standard InChI is InChI=1S/C37H42O15/c1-17-23-25(46-18(2)38)27(41)35(9)21(47-31(43)51-33(4,5)6)15-22-36(16-45-22,50-19(3)39)26(35)29(48-30(42)20-13-11-10-12-14-20)37(34(23,7)8)28(24(17)40)49-32(44)52-37/h10-14,21-22,25-26,28-29H,15-16H2,1-9H3/t21-,22+,25+,26?,28-,29?,35+,36-,37+/m0/s1. The van der Waals surface area contributed by atoms with E-state index in [0.717, 1.165) is 13.8 Å². The Balaban J connectivity index is 1.72. The summed E-state index contributed by atoms with van der Waals surface area (Å²) in [6, 6.07) is 7.79. The van der Waals surface area contributed by atoms with Gasteiger partial charge >= 0.3 is 30.2 Å². The molecule has 280 valence electrons. The van der Waals surface area contributed by atoms with Crippen molar-refractivity contribution in [3.63, 3.8) is 0 Å². The van der Waals surface area contributed by atoms with Crippen molar-refractivity contribution in [3.05, 3.63) is 47.0 Å². The molecule has 4 fully saturated rings. The van der Waals surface area contributed by atoms with Crippen molar-refractivity contribution in [3.8, 4) is 0 Å². The van der Waals surface area contributed by atoms with Crippen LogP contribution in [-0.2, 0) is 57.1 Å². The molecule has 1 aromatic rings. The Hall–Kier alpha value is -4.79. The van der Waals surface area contributed by atoms with E-state index in [1.54, 1.807) is 52.8 Å². The highest BCUT2D eigenvalue weighted by molar-refractivity contribution is 6.06. The van der Waals surface area contributed by atoms with Crippen LogP contribution in [0.3, 0.4) is 0 Å². The van der Waals surface area contributed by atoms with Crippen molar-refractivity contribution in [1.29, 1.82) is 0 Å². The van der Waals surface area contributed by atoms with Crippen LogP contribution in [0.5, 0.6) is 0 Å². The molecule has 1 aromatic carbocycles. The molecule has 9 atom stereocenters. The highest BCUT2D eigenvalue weighted by Crippen LogP contribution is 2.66. The molecule has 2 saturated heterocycles. The van der Waals surface area contributed by atoms with Crippen LogP contribution in [0, 0.1) is 16.7 Å². The van der Waals surface area contributed by atoms with Crippen molar-refractivity contribution in [2.24, 2.45) is 16.7 Å². The lowest BCUT2D eigenvalue weighted by molar-refractivity contribution is -0.344. The number of hydrogen-bond acceptors (Lipinski definition) is 15. The smallest absolute Gasteiger partial charge is 0.454 e. The molecule has 3 aliphatic carbocycles. The first-order valence-corrected chi connectivity index (χ1v) is 16.9. The van der Waals surface area contributed by atoms with Gasteiger partial charge in [0.25, 0.3) is 0 Å². The van der Waals surface area contributed by atoms with E-state index in [2.05, 4.69) is 0 Å². The molecule has 0 amide bonds. The number of carbonyl (C=O) groups excluding carboxylic acids is 7. The summed E-state index contributed by atoms with van der Waals surface area (Å²) in [4.78, 5) is 96.7. The van der Waals surface area contributed by atoms with Crippen LogP contribution in [0.15, 0.2) is 41.5 Å². The van der Waals surface area contributed by atoms with Gasteiger partial charge in [0.05, 0.1) is 23.5 Å². The quantitative estimate of drug-likeness (QED) is 0.312. The van der Waals surface area contributed by atoms with Crippen molar-refractivity contribution >= 4 is 41.8 Å². The Labute approximate surface area is 299 Å². The molecule has 6 rings (SSSR count). The fraction of sp³-hybridized carbons (Fsp3) is 0.595. The van der Waals surface area contributed by atoms with Gasteiger partial charge < -0.3 is 37.9 Å². The van der Waals surface area contributed by atoms with Crippen molar-refractivity contribution in [1.82, 2.24) is 0 Å². The minimum absolute atomic E-state index is 0.0442. The van der Waals surface area contributed by atoms with Gasteiger partial charge in [-0.2, -0.15) is 0 Å². The van der Waals surface area contributed by atoms with E-state index in [1.807, 2.05) is 0 Å². The topological polar surface area (TPSA) is 193 Å². The molecule has 15 nitrogen and oxygen atoms in total. The number of fused-ring (bicyclic) bond motifs is 4. The van der Waals surface area contributed by atoms with Gasteiger partial charge in [-0.25, -0.2) is 14.4 Å². The number of ketones is 2. The van der Waals surface area contributed by atoms with E-state index in [-0.39, 0.29) is 29.7 Å². The minimum atomic E-state index is -2.29. The Bertz CT molecular complexity index is 1790. The Morgan fingerprint density at radius 3 is 2.12 bits per heavy atom. The maximum atomic E-state index is 15.6. The molecule has 0 aromatic heterocycles. The maximum Gasteiger partial charge on any atom is 0.510 e. The first kappa shape index (κ1) is 37.0. The molecule has 2 bridgehead atoms. The SMILES string of the molecule is CC(=O)O[C@H]1C(=O)[C@@]2(C)C(C(OC(=O)c3ccccc3)[C@]34OC(=O)O[C@H]3C(=O)C(C)=C1C4(C)C)[C@]1(OC(C)=O)CO[C@@H]1C[C@@H]2OC(=O)OC(C)(C)C. The van der Waals surface area contributed by atoms with Crippen LogP contribution in [-0.4, -0.2) is 95.7 Å². The molecule has 15 heteroatoms. The fourth-order valence-corrected chi connectivity index (χ4v) is 8.99.